The van der Waals surface area contributed by atoms with E-state index >= 15 is 0 Å². The quantitative estimate of drug-likeness (QED) is 0.421. The predicted molar refractivity (Wildman–Crippen MR) is 70.8 cm³/mol. The number of benzene rings is 1. The average molecular weight is 255 g/mol. The second-order valence-corrected chi connectivity index (χ2v) is 4.39. The SMILES string of the molecule is CCCCOCc1ccc(C)cc1C(=O)CCl. The molecule has 0 saturated heterocycles. The summed E-state index contributed by atoms with van der Waals surface area (Å²) >= 11 is 5.60. The van der Waals surface area contributed by atoms with E-state index in [2.05, 4.69) is 6.92 Å². The minimum absolute atomic E-state index is 0.0193. The van der Waals surface area contributed by atoms with Gasteiger partial charge >= 0.3 is 0 Å². The van der Waals surface area contributed by atoms with Gasteiger partial charge < -0.3 is 4.74 Å². The number of alkyl halides is 1. The Balaban J connectivity index is 2.72. The Morgan fingerprint density at radius 1 is 1.41 bits per heavy atom. The summed E-state index contributed by atoms with van der Waals surface area (Å²) in [7, 11) is 0. The van der Waals surface area contributed by atoms with Crippen molar-refractivity contribution in [2.75, 3.05) is 12.5 Å². The summed E-state index contributed by atoms with van der Waals surface area (Å²) in [4.78, 5) is 11.7. The number of aryl methyl sites for hydroxylation is 1. The van der Waals surface area contributed by atoms with Gasteiger partial charge in [0.05, 0.1) is 12.5 Å². The Labute approximate surface area is 108 Å². The highest BCUT2D eigenvalue weighted by atomic mass is 35.5. The van der Waals surface area contributed by atoms with Gasteiger partial charge in [-0.2, -0.15) is 0 Å². The van der Waals surface area contributed by atoms with Gasteiger partial charge in [0.1, 0.15) is 0 Å². The van der Waals surface area contributed by atoms with Gasteiger partial charge in [-0.1, -0.05) is 31.0 Å². The van der Waals surface area contributed by atoms with Crippen LogP contribution in [-0.2, 0) is 11.3 Å². The van der Waals surface area contributed by atoms with E-state index in [4.69, 9.17) is 16.3 Å². The van der Waals surface area contributed by atoms with Crippen molar-refractivity contribution >= 4 is 17.4 Å². The average Bonchev–Trinajstić information content (AvgIpc) is 2.35. The van der Waals surface area contributed by atoms with Crippen LogP contribution in [-0.4, -0.2) is 18.3 Å². The fourth-order valence-electron chi connectivity index (χ4n) is 1.58. The van der Waals surface area contributed by atoms with Crippen molar-refractivity contribution in [1.82, 2.24) is 0 Å². The van der Waals surface area contributed by atoms with Crippen LogP contribution in [0.1, 0.15) is 41.3 Å². The van der Waals surface area contributed by atoms with Crippen molar-refractivity contribution < 1.29 is 9.53 Å². The monoisotopic (exact) mass is 254 g/mol. The summed E-state index contributed by atoms with van der Waals surface area (Å²) in [5.41, 5.74) is 2.68. The molecule has 0 aliphatic heterocycles. The lowest BCUT2D eigenvalue weighted by Gasteiger charge is -2.09. The molecule has 0 radical (unpaired) electrons. The summed E-state index contributed by atoms with van der Waals surface area (Å²) in [6, 6.07) is 5.81. The molecule has 1 aromatic rings. The number of hydrogen-bond acceptors (Lipinski definition) is 2. The van der Waals surface area contributed by atoms with Crippen LogP contribution in [0, 0.1) is 6.92 Å². The normalized spacial score (nSPS) is 10.5. The van der Waals surface area contributed by atoms with Crippen LogP contribution in [0.5, 0.6) is 0 Å². The Morgan fingerprint density at radius 2 is 2.18 bits per heavy atom. The zero-order valence-corrected chi connectivity index (χ0v) is 11.2. The van der Waals surface area contributed by atoms with Gasteiger partial charge in [0.2, 0.25) is 0 Å². The Kier molecular flexibility index (Phi) is 6.23. The van der Waals surface area contributed by atoms with Crippen molar-refractivity contribution in [2.24, 2.45) is 0 Å². The Morgan fingerprint density at radius 3 is 2.82 bits per heavy atom. The minimum atomic E-state index is -0.0375. The summed E-state index contributed by atoms with van der Waals surface area (Å²) in [6.07, 6.45) is 2.16. The molecule has 0 bridgehead atoms. The van der Waals surface area contributed by atoms with E-state index in [1.54, 1.807) is 0 Å². The molecule has 0 fully saturated rings. The number of ether oxygens (including phenoxy) is 1. The van der Waals surface area contributed by atoms with Crippen LogP contribution in [0.4, 0.5) is 0 Å². The summed E-state index contributed by atoms with van der Waals surface area (Å²) < 4.78 is 5.54. The summed E-state index contributed by atoms with van der Waals surface area (Å²) in [5.74, 6) is -0.0183. The molecule has 94 valence electrons. The van der Waals surface area contributed by atoms with Crippen LogP contribution in [0.2, 0.25) is 0 Å². The molecular formula is C14H19ClO2. The first-order valence-electron chi connectivity index (χ1n) is 5.95. The van der Waals surface area contributed by atoms with E-state index in [1.165, 1.54) is 0 Å². The second kappa shape index (κ2) is 7.46. The van der Waals surface area contributed by atoms with Crippen LogP contribution in [0.15, 0.2) is 18.2 Å². The van der Waals surface area contributed by atoms with Crippen LogP contribution < -0.4 is 0 Å². The third kappa shape index (κ3) is 4.49. The highest BCUT2D eigenvalue weighted by Gasteiger charge is 2.10. The molecule has 0 aliphatic rings. The number of carbonyl (C=O) groups is 1. The lowest BCUT2D eigenvalue weighted by molar-refractivity contribution is 0.0997. The zero-order valence-electron chi connectivity index (χ0n) is 10.5. The molecular weight excluding hydrogens is 236 g/mol. The molecule has 1 aromatic carbocycles. The van der Waals surface area contributed by atoms with Gasteiger partial charge in [0.25, 0.3) is 0 Å². The van der Waals surface area contributed by atoms with E-state index in [1.807, 2.05) is 25.1 Å². The first-order chi connectivity index (χ1) is 8.19. The fourth-order valence-corrected chi connectivity index (χ4v) is 1.72. The Bertz CT molecular complexity index is 374. The molecule has 0 atom stereocenters. The number of unbranched alkanes of at least 4 members (excludes halogenated alkanes) is 1. The fraction of sp³-hybridized carbons (Fsp3) is 0.500. The molecule has 0 aliphatic carbocycles. The summed E-state index contributed by atoms with van der Waals surface area (Å²) in [5, 5.41) is 0. The highest BCUT2D eigenvalue weighted by molar-refractivity contribution is 6.30. The van der Waals surface area contributed by atoms with E-state index in [9.17, 15) is 4.79 Å². The molecule has 0 heterocycles. The number of Topliss-reactive ketones (excluding diaryl/α,β-unsaturated/α-hetero) is 1. The molecule has 3 heteroatoms. The molecule has 0 spiro atoms. The van der Waals surface area contributed by atoms with Crippen molar-refractivity contribution in [1.29, 1.82) is 0 Å². The first-order valence-corrected chi connectivity index (χ1v) is 6.49. The van der Waals surface area contributed by atoms with Crippen molar-refractivity contribution in [3.8, 4) is 0 Å². The first kappa shape index (κ1) is 14.2. The van der Waals surface area contributed by atoms with E-state index < -0.39 is 0 Å². The molecule has 0 N–H and O–H groups in total. The number of carbonyl (C=O) groups excluding carboxylic acids is 1. The molecule has 1 rings (SSSR count). The van der Waals surface area contributed by atoms with Gasteiger partial charge in [0, 0.05) is 12.2 Å². The molecule has 2 nitrogen and oxygen atoms in total. The van der Waals surface area contributed by atoms with Gasteiger partial charge in [-0.15, -0.1) is 11.6 Å². The van der Waals surface area contributed by atoms with Crippen molar-refractivity contribution in [3.63, 3.8) is 0 Å². The van der Waals surface area contributed by atoms with Gasteiger partial charge in [-0.3, -0.25) is 4.79 Å². The largest absolute Gasteiger partial charge is 0.377 e. The second-order valence-electron chi connectivity index (χ2n) is 4.12. The van der Waals surface area contributed by atoms with Gasteiger partial charge in [0.15, 0.2) is 5.78 Å². The van der Waals surface area contributed by atoms with Crippen LogP contribution >= 0.6 is 11.6 Å². The van der Waals surface area contributed by atoms with Crippen LogP contribution in [0.25, 0.3) is 0 Å². The molecule has 17 heavy (non-hydrogen) atoms. The number of hydrogen-bond donors (Lipinski definition) is 0. The van der Waals surface area contributed by atoms with Crippen molar-refractivity contribution in [3.05, 3.63) is 34.9 Å². The maximum absolute atomic E-state index is 11.7. The Hall–Kier alpha value is -0.860. The number of ketones is 1. The lowest BCUT2D eigenvalue weighted by atomic mass is 10.0. The van der Waals surface area contributed by atoms with E-state index in [0.717, 1.165) is 30.6 Å². The number of rotatable bonds is 7. The maximum atomic E-state index is 11.7. The van der Waals surface area contributed by atoms with E-state index in [-0.39, 0.29) is 11.7 Å². The van der Waals surface area contributed by atoms with E-state index in [0.29, 0.717) is 12.2 Å². The predicted octanol–water partition coefficient (Wildman–Crippen LogP) is 3.73. The summed E-state index contributed by atoms with van der Waals surface area (Å²) in [6.45, 7) is 5.31. The van der Waals surface area contributed by atoms with Crippen LogP contribution in [0.3, 0.4) is 0 Å². The molecule has 0 amide bonds. The number of halogens is 1. The third-order valence-electron chi connectivity index (χ3n) is 2.59. The van der Waals surface area contributed by atoms with Crippen molar-refractivity contribution in [2.45, 2.75) is 33.3 Å². The van der Waals surface area contributed by atoms with Gasteiger partial charge in [-0.25, -0.2) is 0 Å². The highest BCUT2D eigenvalue weighted by Crippen LogP contribution is 2.14. The van der Waals surface area contributed by atoms with Gasteiger partial charge in [-0.05, 0) is 25.0 Å². The lowest BCUT2D eigenvalue weighted by Crippen LogP contribution is -2.07. The topological polar surface area (TPSA) is 26.3 Å². The molecule has 0 unspecified atom stereocenters. The minimum Gasteiger partial charge on any atom is -0.377 e. The molecule has 0 aromatic heterocycles. The zero-order chi connectivity index (χ0) is 12.7. The third-order valence-corrected chi connectivity index (χ3v) is 2.83. The smallest absolute Gasteiger partial charge is 0.177 e. The standard InChI is InChI=1S/C14H19ClO2/c1-3-4-7-17-10-12-6-5-11(2)8-13(12)14(16)9-15/h5-6,8H,3-4,7,9-10H2,1-2H3. The molecule has 0 saturated carbocycles. The maximum Gasteiger partial charge on any atom is 0.177 e.